The first kappa shape index (κ1) is 15.0. The smallest absolute Gasteiger partial charge is 0.140 e. The fourth-order valence-electron chi connectivity index (χ4n) is 3.06. The Morgan fingerprint density at radius 2 is 2.14 bits per heavy atom. The minimum absolute atomic E-state index is 0.0883. The third kappa shape index (κ3) is 2.71. The van der Waals surface area contributed by atoms with Crippen LogP contribution in [0.5, 0.6) is 5.75 Å². The summed E-state index contributed by atoms with van der Waals surface area (Å²) in [5, 5.41) is 9.50. The maximum atomic E-state index is 13.5. The molecule has 2 atom stereocenters. The van der Waals surface area contributed by atoms with Crippen molar-refractivity contribution in [2.24, 2.45) is 5.92 Å². The van der Waals surface area contributed by atoms with Gasteiger partial charge < -0.3 is 9.84 Å². The van der Waals surface area contributed by atoms with Gasteiger partial charge >= 0.3 is 0 Å². The minimum Gasteiger partial charge on any atom is -0.491 e. The van der Waals surface area contributed by atoms with Gasteiger partial charge in [0, 0.05) is 17.7 Å². The van der Waals surface area contributed by atoms with Crippen molar-refractivity contribution in [2.75, 3.05) is 13.2 Å². The Morgan fingerprint density at radius 1 is 1.32 bits per heavy atom. The average Bonchev–Trinajstić information content (AvgIpc) is 3.21. The molecule has 1 aliphatic rings. The van der Waals surface area contributed by atoms with Gasteiger partial charge in [0.1, 0.15) is 11.6 Å². The highest BCUT2D eigenvalue weighted by atomic mass is 19.1. The van der Waals surface area contributed by atoms with Crippen LogP contribution in [0.1, 0.15) is 23.4 Å². The van der Waals surface area contributed by atoms with E-state index in [1.165, 1.54) is 6.07 Å². The molecule has 0 bridgehead atoms. The number of ether oxygens (including phenoxy) is 1. The predicted octanol–water partition coefficient (Wildman–Crippen LogP) is 3.17. The van der Waals surface area contributed by atoms with Gasteiger partial charge in [-0.15, -0.1) is 0 Å². The normalized spacial score (nSPS) is 23.4. The molecule has 1 N–H and O–H groups in total. The fourth-order valence-corrected chi connectivity index (χ4v) is 3.06. The highest BCUT2D eigenvalue weighted by molar-refractivity contribution is 5.36. The van der Waals surface area contributed by atoms with Crippen LogP contribution in [0.25, 0.3) is 0 Å². The van der Waals surface area contributed by atoms with E-state index in [2.05, 4.69) is 4.98 Å². The quantitative estimate of drug-likeness (QED) is 0.922. The summed E-state index contributed by atoms with van der Waals surface area (Å²) >= 11 is 0. The molecule has 1 heterocycles. The molecule has 1 aromatic carbocycles. The van der Waals surface area contributed by atoms with E-state index in [1.54, 1.807) is 12.1 Å². The Labute approximate surface area is 129 Å². The van der Waals surface area contributed by atoms with Crippen molar-refractivity contribution in [3.8, 4) is 5.75 Å². The third-order valence-corrected chi connectivity index (χ3v) is 4.51. The van der Waals surface area contributed by atoms with Crippen molar-refractivity contribution in [1.82, 2.24) is 4.98 Å². The lowest BCUT2D eigenvalue weighted by Crippen LogP contribution is -2.22. The van der Waals surface area contributed by atoms with E-state index in [4.69, 9.17) is 4.74 Å². The van der Waals surface area contributed by atoms with Crippen molar-refractivity contribution in [1.29, 1.82) is 0 Å². The Hall–Kier alpha value is -1.94. The van der Waals surface area contributed by atoms with Crippen LogP contribution in [0.4, 0.5) is 4.39 Å². The SMILES string of the molecule is Cc1ccc(OC[C@@]2(c3cccc(F)c3)C[C@H]2CO)c(C)n1. The van der Waals surface area contributed by atoms with Crippen molar-refractivity contribution < 1.29 is 14.2 Å². The van der Waals surface area contributed by atoms with Crippen LogP contribution >= 0.6 is 0 Å². The first-order valence-electron chi connectivity index (χ1n) is 7.49. The van der Waals surface area contributed by atoms with Gasteiger partial charge in [0.25, 0.3) is 0 Å². The number of hydrogen-bond donors (Lipinski definition) is 1. The molecule has 0 saturated heterocycles. The third-order valence-electron chi connectivity index (χ3n) is 4.51. The second-order valence-corrected chi connectivity index (χ2v) is 6.07. The molecule has 22 heavy (non-hydrogen) atoms. The zero-order valence-corrected chi connectivity index (χ0v) is 12.8. The molecule has 3 rings (SSSR count). The largest absolute Gasteiger partial charge is 0.491 e. The van der Waals surface area contributed by atoms with Gasteiger partial charge in [-0.3, -0.25) is 4.98 Å². The van der Waals surface area contributed by atoms with E-state index in [0.29, 0.717) is 6.61 Å². The number of aryl methyl sites for hydroxylation is 2. The summed E-state index contributed by atoms with van der Waals surface area (Å²) in [6.07, 6.45) is 0.811. The Bertz CT molecular complexity index is 689. The summed E-state index contributed by atoms with van der Waals surface area (Å²) in [4.78, 5) is 4.39. The molecule has 4 heteroatoms. The van der Waals surface area contributed by atoms with Crippen molar-refractivity contribution in [3.05, 3.63) is 59.2 Å². The topological polar surface area (TPSA) is 42.4 Å². The fraction of sp³-hybridized carbons (Fsp3) is 0.389. The molecule has 1 saturated carbocycles. The van der Waals surface area contributed by atoms with Crippen molar-refractivity contribution in [2.45, 2.75) is 25.7 Å². The van der Waals surface area contributed by atoms with E-state index in [9.17, 15) is 9.50 Å². The van der Waals surface area contributed by atoms with Gasteiger partial charge in [-0.2, -0.15) is 0 Å². The first-order chi connectivity index (χ1) is 10.5. The Kier molecular flexibility index (Phi) is 3.87. The molecule has 2 aromatic rings. The van der Waals surface area contributed by atoms with Crippen LogP contribution in [0.15, 0.2) is 36.4 Å². The van der Waals surface area contributed by atoms with Crippen LogP contribution in [-0.4, -0.2) is 23.3 Å². The Morgan fingerprint density at radius 3 is 2.77 bits per heavy atom. The number of rotatable bonds is 5. The molecular weight excluding hydrogens is 281 g/mol. The van der Waals surface area contributed by atoms with Gasteiger partial charge in [-0.25, -0.2) is 4.39 Å². The van der Waals surface area contributed by atoms with Crippen LogP contribution in [0.3, 0.4) is 0 Å². The van der Waals surface area contributed by atoms with E-state index >= 15 is 0 Å². The molecule has 0 amide bonds. The number of aliphatic hydroxyl groups is 1. The number of nitrogens with zero attached hydrogens (tertiary/aromatic N) is 1. The highest BCUT2D eigenvalue weighted by Crippen LogP contribution is 2.54. The van der Waals surface area contributed by atoms with Crippen LogP contribution in [-0.2, 0) is 5.41 Å². The molecule has 0 radical (unpaired) electrons. The first-order valence-corrected chi connectivity index (χ1v) is 7.49. The molecular formula is C18H20FNO2. The van der Waals surface area contributed by atoms with Gasteiger partial charge in [0.15, 0.2) is 0 Å². The van der Waals surface area contributed by atoms with Gasteiger partial charge in [0.05, 0.1) is 12.3 Å². The summed E-state index contributed by atoms with van der Waals surface area (Å²) in [6, 6.07) is 10.4. The number of aliphatic hydroxyl groups excluding tert-OH is 1. The van der Waals surface area contributed by atoms with Crippen molar-refractivity contribution >= 4 is 0 Å². The minimum atomic E-state index is -0.297. The molecule has 116 valence electrons. The number of benzene rings is 1. The second kappa shape index (κ2) is 5.69. The summed E-state index contributed by atoms with van der Waals surface area (Å²) in [5.41, 5.74) is 2.39. The maximum Gasteiger partial charge on any atom is 0.140 e. The lowest BCUT2D eigenvalue weighted by Gasteiger charge is -2.19. The summed E-state index contributed by atoms with van der Waals surface area (Å²) < 4.78 is 19.5. The predicted molar refractivity (Wildman–Crippen MR) is 82.5 cm³/mol. The van der Waals surface area contributed by atoms with Crippen LogP contribution in [0.2, 0.25) is 0 Å². The van der Waals surface area contributed by atoms with Gasteiger partial charge in [-0.1, -0.05) is 12.1 Å². The summed E-state index contributed by atoms with van der Waals surface area (Å²) in [6.45, 7) is 4.36. The monoisotopic (exact) mass is 301 g/mol. The molecule has 0 spiro atoms. The Balaban J connectivity index is 1.81. The molecule has 1 aliphatic carbocycles. The van der Waals surface area contributed by atoms with E-state index < -0.39 is 0 Å². The maximum absolute atomic E-state index is 13.5. The lowest BCUT2D eigenvalue weighted by molar-refractivity contribution is 0.225. The summed E-state index contributed by atoms with van der Waals surface area (Å²) in [7, 11) is 0. The van der Waals surface area contributed by atoms with Crippen molar-refractivity contribution in [3.63, 3.8) is 0 Å². The standard InChI is InChI=1S/C18H20FNO2/c1-12-6-7-17(13(2)20-12)22-11-18(9-15(18)10-21)14-4-3-5-16(19)8-14/h3-8,15,21H,9-11H2,1-2H3/t15-,18+/m0/s1. The van der Waals surface area contributed by atoms with E-state index in [-0.39, 0.29) is 23.8 Å². The van der Waals surface area contributed by atoms with Gasteiger partial charge in [0.2, 0.25) is 0 Å². The average molecular weight is 301 g/mol. The molecule has 1 aromatic heterocycles. The van der Waals surface area contributed by atoms with Crippen LogP contribution in [0, 0.1) is 25.6 Å². The number of aromatic nitrogens is 1. The number of hydrogen-bond acceptors (Lipinski definition) is 3. The van der Waals surface area contributed by atoms with E-state index in [0.717, 1.165) is 29.1 Å². The molecule has 3 nitrogen and oxygen atoms in total. The zero-order valence-electron chi connectivity index (χ0n) is 12.8. The van der Waals surface area contributed by atoms with Crippen LogP contribution < -0.4 is 4.74 Å². The van der Waals surface area contributed by atoms with E-state index in [1.807, 2.05) is 32.0 Å². The molecule has 0 unspecified atom stereocenters. The molecule has 0 aliphatic heterocycles. The van der Waals surface area contributed by atoms with Gasteiger partial charge in [-0.05, 0) is 56.0 Å². The number of halogens is 1. The lowest BCUT2D eigenvalue weighted by atomic mass is 9.94. The highest BCUT2D eigenvalue weighted by Gasteiger charge is 2.55. The molecule has 1 fully saturated rings. The zero-order chi connectivity index (χ0) is 15.7. The second-order valence-electron chi connectivity index (χ2n) is 6.07. The summed E-state index contributed by atoms with van der Waals surface area (Å²) in [5.74, 6) is 0.603. The number of pyridine rings is 1.